The molecule has 1 aromatic heterocycles. The van der Waals surface area contributed by atoms with Crippen LogP contribution in [-0.2, 0) is 5.41 Å². The molecule has 0 aliphatic heterocycles. The first-order chi connectivity index (χ1) is 7.56. The van der Waals surface area contributed by atoms with Crippen molar-refractivity contribution in [2.75, 3.05) is 6.61 Å². The topological polar surface area (TPSA) is 59.1 Å². The predicted molar refractivity (Wildman–Crippen MR) is 61.5 cm³/mol. The van der Waals surface area contributed by atoms with Gasteiger partial charge in [-0.1, -0.05) is 6.92 Å². The van der Waals surface area contributed by atoms with Crippen LogP contribution in [0.4, 0.5) is 4.39 Å². The highest BCUT2D eigenvalue weighted by molar-refractivity contribution is 5.20. The Labute approximate surface area is 95.5 Å². The van der Waals surface area contributed by atoms with Crippen molar-refractivity contribution in [1.82, 2.24) is 4.98 Å². The predicted octanol–water partition coefficient (Wildman–Crippen LogP) is 1.60. The highest BCUT2D eigenvalue weighted by atomic mass is 19.1. The van der Waals surface area contributed by atoms with Gasteiger partial charge < -0.3 is 10.8 Å². The van der Waals surface area contributed by atoms with E-state index >= 15 is 0 Å². The van der Waals surface area contributed by atoms with Crippen LogP contribution >= 0.6 is 0 Å². The van der Waals surface area contributed by atoms with E-state index in [1.54, 1.807) is 6.07 Å². The normalized spacial score (nSPS) is 16.8. The molecule has 0 fully saturated rings. The largest absolute Gasteiger partial charge is 0.396 e. The minimum atomic E-state index is -0.373. The first kappa shape index (κ1) is 13.1. The summed E-state index contributed by atoms with van der Waals surface area (Å²) < 4.78 is 12.8. The number of halogens is 1. The van der Waals surface area contributed by atoms with Crippen molar-refractivity contribution in [1.29, 1.82) is 0 Å². The average Bonchev–Trinajstić information content (AvgIpc) is 2.27. The maximum Gasteiger partial charge on any atom is 0.141 e. The van der Waals surface area contributed by atoms with Crippen LogP contribution < -0.4 is 5.73 Å². The summed E-state index contributed by atoms with van der Waals surface area (Å²) in [5.74, 6) is -0.359. The molecule has 0 amide bonds. The van der Waals surface area contributed by atoms with Gasteiger partial charge in [0, 0.05) is 23.8 Å². The Bertz CT molecular complexity index is 326. The zero-order valence-electron chi connectivity index (χ0n) is 9.78. The Kier molecular flexibility index (Phi) is 4.38. The fraction of sp³-hybridized carbons (Fsp3) is 0.583. The third kappa shape index (κ3) is 2.39. The molecule has 1 aromatic rings. The Morgan fingerprint density at radius 3 is 2.62 bits per heavy atom. The standard InChI is InChI=1S/C12H19FN2O/c1-3-12(6-7-16,9(2)14)11-5-4-10(13)8-15-11/h4-5,8-9,16H,3,6-7,14H2,1-2H3. The summed E-state index contributed by atoms with van der Waals surface area (Å²) in [5.41, 5.74) is 6.37. The quantitative estimate of drug-likeness (QED) is 0.801. The molecule has 2 unspecified atom stereocenters. The molecule has 4 heteroatoms. The van der Waals surface area contributed by atoms with Gasteiger partial charge in [0.15, 0.2) is 0 Å². The minimum absolute atomic E-state index is 0.0500. The number of aliphatic hydroxyl groups is 1. The molecule has 3 nitrogen and oxygen atoms in total. The summed E-state index contributed by atoms with van der Waals surface area (Å²) in [6.45, 7) is 3.95. The van der Waals surface area contributed by atoms with Gasteiger partial charge in [0.2, 0.25) is 0 Å². The third-order valence-electron chi connectivity index (χ3n) is 3.30. The summed E-state index contributed by atoms with van der Waals surface area (Å²) in [7, 11) is 0. The highest BCUT2D eigenvalue weighted by Crippen LogP contribution is 2.32. The molecule has 90 valence electrons. The number of hydrogen-bond donors (Lipinski definition) is 2. The first-order valence-corrected chi connectivity index (χ1v) is 5.55. The lowest BCUT2D eigenvalue weighted by Crippen LogP contribution is -2.44. The summed E-state index contributed by atoms with van der Waals surface area (Å²) in [5, 5.41) is 9.14. The molecule has 0 bridgehead atoms. The van der Waals surface area contributed by atoms with Gasteiger partial charge in [-0.15, -0.1) is 0 Å². The van der Waals surface area contributed by atoms with Crippen LogP contribution in [0.25, 0.3) is 0 Å². The van der Waals surface area contributed by atoms with Crippen LogP contribution in [0.15, 0.2) is 18.3 Å². The van der Waals surface area contributed by atoms with E-state index < -0.39 is 0 Å². The summed E-state index contributed by atoms with van der Waals surface area (Å²) >= 11 is 0. The van der Waals surface area contributed by atoms with E-state index in [9.17, 15) is 4.39 Å². The molecule has 0 aliphatic carbocycles. The van der Waals surface area contributed by atoms with E-state index in [2.05, 4.69) is 4.98 Å². The number of nitrogens with zero attached hydrogens (tertiary/aromatic N) is 1. The van der Waals surface area contributed by atoms with Crippen molar-refractivity contribution in [2.45, 2.75) is 38.1 Å². The second-order valence-electron chi connectivity index (χ2n) is 4.13. The number of aromatic nitrogens is 1. The first-order valence-electron chi connectivity index (χ1n) is 5.55. The van der Waals surface area contributed by atoms with Crippen LogP contribution in [-0.4, -0.2) is 22.7 Å². The molecule has 0 saturated heterocycles. The molecule has 2 atom stereocenters. The Hall–Kier alpha value is -1.00. The summed E-state index contributed by atoms with van der Waals surface area (Å²) in [4.78, 5) is 4.10. The highest BCUT2D eigenvalue weighted by Gasteiger charge is 2.35. The zero-order valence-corrected chi connectivity index (χ0v) is 9.78. The number of aliphatic hydroxyl groups excluding tert-OH is 1. The van der Waals surface area contributed by atoms with Gasteiger partial charge in [-0.3, -0.25) is 4.98 Å². The van der Waals surface area contributed by atoms with Gasteiger partial charge in [0.1, 0.15) is 5.82 Å². The van der Waals surface area contributed by atoms with E-state index in [0.717, 1.165) is 12.1 Å². The van der Waals surface area contributed by atoms with Gasteiger partial charge in [0.25, 0.3) is 0 Å². The molecule has 1 heterocycles. The van der Waals surface area contributed by atoms with Crippen LogP contribution in [0.3, 0.4) is 0 Å². The van der Waals surface area contributed by atoms with Crippen molar-refractivity contribution < 1.29 is 9.50 Å². The van der Waals surface area contributed by atoms with Gasteiger partial charge >= 0.3 is 0 Å². The van der Waals surface area contributed by atoms with Crippen molar-refractivity contribution in [2.24, 2.45) is 5.73 Å². The van der Waals surface area contributed by atoms with Crippen molar-refractivity contribution in [3.05, 3.63) is 29.8 Å². The van der Waals surface area contributed by atoms with E-state index in [-0.39, 0.29) is 23.9 Å². The Morgan fingerprint density at radius 1 is 1.56 bits per heavy atom. The molecule has 0 aliphatic rings. The van der Waals surface area contributed by atoms with E-state index in [1.165, 1.54) is 12.3 Å². The van der Waals surface area contributed by atoms with Crippen molar-refractivity contribution >= 4 is 0 Å². The molecule has 0 spiro atoms. The Balaban J connectivity index is 3.13. The second kappa shape index (κ2) is 5.37. The van der Waals surface area contributed by atoms with Crippen LogP contribution in [0, 0.1) is 5.82 Å². The van der Waals surface area contributed by atoms with E-state index in [1.807, 2.05) is 13.8 Å². The monoisotopic (exact) mass is 226 g/mol. The number of nitrogens with two attached hydrogens (primary N) is 1. The van der Waals surface area contributed by atoms with Gasteiger partial charge in [0.05, 0.1) is 6.20 Å². The maximum absolute atomic E-state index is 12.8. The van der Waals surface area contributed by atoms with Crippen LogP contribution in [0.2, 0.25) is 0 Å². The molecule has 1 rings (SSSR count). The number of hydrogen-bond acceptors (Lipinski definition) is 3. The van der Waals surface area contributed by atoms with E-state index in [0.29, 0.717) is 6.42 Å². The van der Waals surface area contributed by atoms with Crippen LogP contribution in [0.1, 0.15) is 32.4 Å². The molecular weight excluding hydrogens is 207 g/mol. The number of pyridine rings is 1. The Morgan fingerprint density at radius 2 is 2.25 bits per heavy atom. The van der Waals surface area contributed by atoms with Crippen LogP contribution in [0.5, 0.6) is 0 Å². The third-order valence-corrected chi connectivity index (χ3v) is 3.30. The molecule has 0 radical (unpaired) electrons. The summed E-state index contributed by atoms with van der Waals surface area (Å²) in [6, 6.07) is 2.90. The minimum Gasteiger partial charge on any atom is -0.396 e. The van der Waals surface area contributed by atoms with Gasteiger partial charge in [-0.25, -0.2) is 4.39 Å². The number of rotatable bonds is 5. The zero-order chi connectivity index (χ0) is 12.2. The van der Waals surface area contributed by atoms with Crippen molar-refractivity contribution in [3.8, 4) is 0 Å². The summed E-state index contributed by atoms with van der Waals surface area (Å²) in [6.07, 6.45) is 2.50. The molecular formula is C12H19FN2O. The fourth-order valence-corrected chi connectivity index (χ4v) is 2.14. The van der Waals surface area contributed by atoms with Gasteiger partial charge in [-0.05, 0) is 31.9 Å². The molecule has 0 aromatic carbocycles. The maximum atomic E-state index is 12.8. The smallest absolute Gasteiger partial charge is 0.141 e. The fourth-order valence-electron chi connectivity index (χ4n) is 2.14. The molecule has 0 saturated carbocycles. The van der Waals surface area contributed by atoms with E-state index in [4.69, 9.17) is 10.8 Å². The SMILES string of the molecule is CCC(CCO)(c1ccc(F)cn1)C(C)N. The lowest BCUT2D eigenvalue weighted by Gasteiger charge is -2.35. The molecule has 16 heavy (non-hydrogen) atoms. The van der Waals surface area contributed by atoms with Gasteiger partial charge in [-0.2, -0.15) is 0 Å². The molecule has 3 N–H and O–H groups in total. The lowest BCUT2D eigenvalue weighted by atomic mass is 9.73. The second-order valence-corrected chi connectivity index (χ2v) is 4.13. The van der Waals surface area contributed by atoms with Crippen molar-refractivity contribution in [3.63, 3.8) is 0 Å². The lowest BCUT2D eigenvalue weighted by molar-refractivity contribution is 0.210. The average molecular weight is 226 g/mol.